The van der Waals surface area contributed by atoms with Crippen molar-refractivity contribution >= 4 is 53.5 Å². The van der Waals surface area contributed by atoms with E-state index in [9.17, 15) is 27.6 Å². The number of hydrogen-bond donors (Lipinski definition) is 0. The molecule has 0 amide bonds. The molecule has 1 saturated heterocycles. The van der Waals surface area contributed by atoms with Crippen LogP contribution in [0.5, 0.6) is 17.6 Å². The van der Waals surface area contributed by atoms with Gasteiger partial charge < -0.3 is 33.0 Å². The molecule has 9 aromatic heterocycles. The molecule has 0 aliphatic carbocycles. The van der Waals surface area contributed by atoms with Crippen LogP contribution in [-0.2, 0) is 45.8 Å². The van der Waals surface area contributed by atoms with Gasteiger partial charge in [0.1, 0.15) is 6.61 Å². The van der Waals surface area contributed by atoms with Crippen LogP contribution in [0, 0.1) is 33.6 Å². The molecule has 1 fully saturated rings. The molecule has 27 heteroatoms. The number of pyridine rings is 5. The van der Waals surface area contributed by atoms with E-state index in [0.717, 1.165) is 57.3 Å². The summed E-state index contributed by atoms with van der Waals surface area (Å²) in [7, 11) is -0.461. The third-order valence-corrected chi connectivity index (χ3v) is 14.8. The van der Waals surface area contributed by atoms with Gasteiger partial charge in [-0.15, -0.1) is 0 Å². The zero-order chi connectivity index (χ0) is 67.6. The van der Waals surface area contributed by atoms with Crippen LogP contribution >= 0.6 is 0 Å². The summed E-state index contributed by atoms with van der Waals surface area (Å²) in [5, 5.41) is 0. The number of aromatic nitrogens is 11. The van der Waals surface area contributed by atoms with Crippen LogP contribution < -0.4 is 19.7 Å². The Morgan fingerprint density at radius 3 is 1.62 bits per heavy atom. The van der Waals surface area contributed by atoms with E-state index in [4.69, 9.17) is 33.0 Å². The number of nitrogens with zero attached hydrogens (tertiary/aromatic N) is 13. The smallest absolute Gasteiger partial charge is 0.470 e. The second kappa shape index (κ2) is 31.8. The Balaban J connectivity index is 0.000000160. The number of halogens is 3. The highest BCUT2D eigenvalue weighted by Gasteiger charge is 2.52. The van der Waals surface area contributed by atoms with Gasteiger partial charge in [-0.2, -0.15) is 13.2 Å². The highest BCUT2D eigenvalue weighted by molar-refractivity contribution is 6.62. The average molecular weight is 1290 g/mol. The van der Waals surface area contributed by atoms with Crippen LogP contribution in [0.1, 0.15) is 82.1 Å². The Bertz CT molecular complexity index is 4180. The second-order valence-electron chi connectivity index (χ2n) is 22.3. The van der Waals surface area contributed by atoms with Gasteiger partial charge >= 0.3 is 25.2 Å². The molecule has 1 atom stereocenters. The van der Waals surface area contributed by atoms with Gasteiger partial charge in [0.25, 0.3) is 0 Å². The summed E-state index contributed by atoms with van der Waals surface area (Å²) < 4.78 is 80.1. The number of alkyl halides is 3. The van der Waals surface area contributed by atoms with E-state index < -0.39 is 47.8 Å². The lowest BCUT2D eigenvalue weighted by atomic mass is 9.80. The number of rotatable bonds is 16. The van der Waals surface area contributed by atoms with Gasteiger partial charge in [0, 0.05) is 120 Å². The second-order valence-corrected chi connectivity index (χ2v) is 22.3. The van der Waals surface area contributed by atoms with E-state index >= 15 is 0 Å². The van der Waals surface area contributed by atoms with Gasteiger partial charge in [-0.3, -0.25) is 43.5 Å². The summed E-state index contributed by atoms with van der Waals surface area (Å²) in [5.74, 6) is 0.116. The lowest BCUT2D eigenvalue weighted by Gasteiger charge is -2.32. The normalized spacial score (nSPS) is 14.7. The lowest BCUT2D eigenvalue weighted by molar-refractivity contribution is -0.146. The largest absolute Gasteiger partial charge is 0.496 e. The van der Waals surface area contributed by atoms with Crippen molar-refractivity contribution in [1.29, 1.82) is 0 Å². The number of ether oxygens (including phenoxy) is 5. The first-order chi connectivity index (χ1) is 44.9. The van der Waals surface area contributed by atoms with Crippen LogP contribution in [0.4, 0.5) is 13.2 Å². The lowest BCUT2D eigenvalue weighted by Crippen LogP contribution is -2.41. The number of carbonyl (C=O) groups is 3. The molecule has 0 saturated carbocycles. The number of aryl methyl sites for hydroxylation is 4. The van der Waals surface area contributed by atoms with Crippen molar-refractivity contribution in [2.45, 2.75) is 100.0 Å². The molecule has 0 spiro atoms. The van der Waals surface area contributed by atoms with Crippen molar-refractivity contribution in [2.75, 3.05) is 33.0 Å². The van der Waals surface area contributed by atoms with Crippen molar-refractivity contribution in [2.24, 2.45) is 15.9 Å². The van der Waals surface area contributed by atoms with E-state index in [0.29, 0.717) is 36.5 Å². The fourth-order valence-corrected chi connectivity index (χ4v) is 8.94. The Morgan fingerprint density at radius 1 is 0.606 bits per heavy atom. The molecule has 0 bridgehead atoms. The van der Waals surface area contributed by atoms with Crippen LogP contribution in [0.25, 0.3) is 33.8 Å². The number of esters is 2. The number of hydrogen-bond acceptors (Lipinski definition) is 21. The molecular formula is C67H71BF3N13O10. The van der Waals surface area contributed by atoms with E-state index in [2.05, 4.69) is 87.8 Å². The minimum absolute atomic E-state index is 0.00599. The molecule has 12 rings (SSSR count). The first-order valence-electron chi connectivity index (χ1n) is 29.8. The van der Waals surface area contributed by atoms with Crippen LogP contribution in [0.2, 0.25) is 0 Å². The first-order valence-corrected chi connectivity index (χ1v) is 29.8. The molecule has 12 heterocycles. The molecule has 3 aliphatic heterocycles. The Morgan fingerprint density at radius 2 is 1.14 bits per heavy atom. The molecule has 3 aliphatic rings. The van der Waals surface area contributed by atoms with E-state index in [1.54, 1.807) is 100 Å². The maximum atomic E-state index is 13.0. The molecule has 488 valence electrons. The summed E-state index contributed by atoms with van der Waals surface area (Å²) in [6, 6.07) is 13.4. The molecule has 94 heavy (non-hydrogen) atoms. The highest BCUT2D eigenvalue weighted by atomic mass is 19.4. The zero-order valence-corrected chi connectivity index (χ0v) is 53.9. The predicted octanol–water partition coefficient (Wildman–Crippen LogP) is 10.3. The van der Waals surface area contributed by atoms with Gasteiger partial charge in [-0.25, -0.2) is 34.5 Å². The summed E-state index contributed by atoms with van der Waals surface area (Å²) in [5.41, 5.74) is 10.2. The van der Waals surface area contributed by atoms with Crippen LogP contribution in [0.3, 0.4) is 0 Å². The molecule has 0 aromatic carbocycles. The average Bonchev–Trinajstić information content (AvgIpc) is 1.65. The third-order valence-electron chi connectivity index (χ3n) is 14.8. The van der Waals surface area contributed by atoms with Gasteiger partial charge in [-0.05, 0) is 129 Å². The Hall–Kier alpha value is -10.4. The fourth-order valence-electron chi connectivity index (χ4n) is 8.94. The number of ketones is 1. The number of fused-ring (bicyclic) bond motifs is 3. The van der Waals surface area contributed by atoms with Crippen molar-refractivity contribution in [3.63, 3.8) is 0 Å². The highest BCUT2D eigenvalue weighted by Crippen LogP contribution is 2.37. The minimum atomic E-state index is -4.50. The molecule has 1 unspecified atom stereocenters. The first kappa shape index (κ1) is 69.5. The van der Waals surface area contributed by atoms with Gasteiger partial charge in [-0.1, -0.05) is 12.1 Å². The van der Waals surface area contributed by atoms with Gasteiger partial charge in [0.15, 0.2) is 30.3 Å². The van der Waals surface area contributed by atoms with E-state index in [-0.39, 0.29) is 43.4 Å². The van der Waals surface area contributed by atoms with Crippen molar-refractivity contribution < 1.29 is 60.5 Å². The maximum Gasteiger partial charge on any atom is 0.496 e. The Kier molecular flexibility index (Phi) is 23.5. The zero-order valence-electron chi connectivity index (χ0n) is 53.9. The Labute approximate surface area is 541 Å². The SMILES string of the molecule is CC1=CN=C2C=NC=CC12.CCOC(=O)COc1ccc(-c2cnc3cnccn23)cn1.CCOC(=O)COc1ccc(B2OC(C)(C)C(C)(C)O2)cn1.Cc1cc(C)c(C)cn1.Cc1cnc(CC(=O)COc2ccc(-c3cnc4cnccn34)cn2)cc1C(F)(F)F. The molecule has 9 aromatic rings. The summed E-state index contributed by atoms with van der Waals surface area (Å²) in [6.45, 7) is 21.1. The molecule has 0 N–H and O–H groups in total. The van der Waals surface area contributed by atoms with Crippen LogP contribution in [0.15, 0.2) is 163 Å². The quantitative estimate of drug-likeness (QED) is 0.0643. The van der Waals surface area contributed by atoms with Crippen molar-refractivity contribution in [3.8, 4) is 40.2 Å². The number of Topliss-reactive ketones (excluding diaryl/α,β-unsaturated/α-hetero) is 1. The number of imidazole rings is 2. The fraction of sp³-hybridized carbons (Fsp3) is 0.313. The summed E-state index contributed by atoms with van der Waals surface area (Å²) in [4.78, 5) is 79.9. The maximum absolute atomic E-state index is 13.0. The minimum Gasteiger partial charge on any atom is -0.470 e. The molecule has 0 radical (unpaired) electrons. The number of carbonyl (C=O) groups excluding carboxylic acids is 3. The topological polar surface area (TPSA) is 265 Å². The molecule has 23 nitrogen and oxygen atoms in total. The standard InChI is InChI=1S/C21H16F3N5O2.C15H22BNO5.C15H14N4O3.C8H8N2.C8H11N/c1-13-8-26-15(7-17(13)21(22,23)24)6-16(30)12-31-20-3-2-14(9-28-20)18-10-27-19-11-25-4-5-29(18)19;1-6-19-13(18)10-20-12-8-7-11(9-17-12)16-21-14(2,3)15(4,5)22-16;1-2-21-15(20)10-22-14-4-3-11(7-18-14)12-8-17-13-9-16-5-6-19(12)13;1-6-4-10-8-5-9-3-2-7(6)8;1-6-4-8(3)9-5-7(6)2/h2-5,7-11H,6,12H2,1H3;7-9H,6,10H2,1-5H3;3-9H,2,10H2,1H3;2-5,7H,1H3;4-5H,1-3H3. The predicted molar refractivity (Wildman–Crippen MR) is 346 cm³/mol. The third kappa shape index (κ3) is 18.9. The van der Waals surface area contributed by atoms with Crippen molar-refractivity contribution in [3.05, 3.63) is 187 Å². The van der Waals surface area contributed by atoms with E-state index in [1.165, 1.54) is 23.6 Å². The number of aliphatic imine (C=N–C) groups is 2. The van der Waals surface area contributed by atoms with Crippen molar-refractivity contribution in [1.82, 2.24) is 53.7 Å². The van der Waals surface area contributed by atoms with Gasteiger partial charge in [0.05, 0.1) is 78.3 Å². The number of allylic oxidation sites excluding steroid dienone is 2. The molecular weight excluding hydrogens is 1210 g/mol. The summed E-state index contributed by atoms with van der Waals surface area (Å²) >= 11 is 0. The van der Waals surface area contributed by atoms with Gasteiger partial charge in [0.2, 0.25) is 17.6 Å². The van der Waals surface area contributed by atoms with E-state index in [1.807, 2.05) is 86.6 Å². The monoisotopic (exact) mass is 1290 g/mol. The van der Waals surface area contributed by atoms with Crippen LogP contribution in [-0.4, -0.2) is 135 Å². The summed E-state index contributed by atoms with van der Waals surface area (Å²) in [6.07, 6.45) is 24.5.